The second-order valence-corrected chi connectivity index (χ2v) is 5.37. The number of halogens is 1. The van der Waals surface area contributed by atoms with E-state index in [1.54, 1.807) is 36.1 Å². The molecule has 5 heteroatoms. The van der Waals surface area contributed by atoms with Gasteiger partial charge in [-0.25, -0.2) is 4.39 Å². The van der Waals surface area contributed by atoms with Gasteiger partial charge in [0.15, 0.2) is 0 Å². The Morgan fingerprint density at radius 3 is 2.70 bits per heavy atom. The summed E-state index contributed by atoms with van der Waals surface area (Å²) in [5, 5.41) is 17.8. The van der Waals surface area contributed by atoms with Crippen molar-refractivity contribution in [1.82, 2.24) is 9.78 Å². The zero-order valence-corrected chi connectivity index (χ0v) is 11.4. The van der Waals surface area contributed by atoms with Crippen molar-refractivity contribution in [2.24, 2.45) is 7.05 Å². The van der Waals surface area contributed by atoms with Gasteiger partial charge in [0.05, 0.1) is 17.5 Å². The number of para-hydroxylation sites is 1. The molecule has 2 N–H and O–H groups in total. The maximum Gasteiger partial charge on any atom is 0.147 e. The molecule has 0 radical (unpaired) electrons. The first-order chi connectivity index (χ1) is 9.60. The normalized spacial score (nSPS) is 17.4. The Hall–Kier alpha value is -1.88. The molecule has 1 heterocycles. The highest BCUT2D eigenvalue weighted by Gasteiger charge is 2.35. The van der Waals surface area contributed by atoms with Crippen LogP contribution in [0.25, 0.3) is 0 Å². The van der Waals surface area contributed by atoms with Crippen LogP contribution in [0.2, 0.25) is 0 Å². The molecule has 106 valence electrons. The minimum atomic E-state index is -0.928. The lowest BCUT2D eigenvalue weighted by molar-refractivity contribution is 0.0449. The van der Waals surface area contributed by atoms with Crippen LogP contribution >= 0.6 is 0 Å². The lowest BCUT2D eigenvalue weighted by Gasteiger charge is -2.26. The van der Waals surface area contributed by atoms with E-state index in [9.17, 15) is 9.50 Å². The first-order valence-electron chi connectivity index (χ1n) is 6.86. The lowest BCUT2D eigenvalue weighted by atomic mass is 9.90. The van der Waals surface area contributed by atoms with Crippen molar-refractivity contribution in [2.45, 2.75) is 31.3 Å². The molecule has 1 aliphatic carbocycles. The van der Waals surface area contributed by atoms with Crippen molar-refractivity contribution in [2.75, 3.05) is 5.32 Å². The summed E-state index contributed by atoms with van der Waals surface area (Å²) in [6, 6.07) is 6.62. The fourth-order valence-electron chi connectivity index (χ4n) is 2.89. The molecule has 1 aromatic carbocycles. The summed E-state index contributed by atoms with van der Waals surface area (Å²) < 4.78 is 15.8. The number of hydrogen-bond acceptors (Lipinski definition) is 3. The molecular formula is C15H18FN3O. The second kappa shape index (κ2) is 4.90. The van der Waals surface area contributed by atoms with Crippen LogP contribution in [0.4, 0.5) is 15.9 Å². The number of hydrogen-bond donors (Lipinski definition) is 2. The van der Waals surface area contributed by atoms with Crippen molar-refractivity contribution >= 4 is 11.5 Å². The Bertz CT molecular complexity index is 617. The van der Waals surface area contributed by atoms with Gasteiger partial charge in [0, 0.05) is 18.7 Å². The number of nitrogens with zero attached hydrogens (tertiary/aromatic N) is 2. The second-order valence-electron chi connectivity index (χ2n) is 5.37. The van der Waals surface area contributed by atoms with E-state index >= 15 is 0 Å². The van der Waals surface area contributed by atoms with Crippen molar-refractivity contribution in [1.29, 1.82) is 0 Å². The Labute approximate surface area is 117 Å². The minimum absolute atomic E-state index is 0.348. The van der Waals surface area contributed by atoms with E-state index in [1.165, 1.54) is 6.07 Å². The number of aromatic nitrogens is 2. The zero-order chi connectivity index (χ0) is 14.2. The molecule has 1 aromatic heterocycles. The fraction of sp³-hybridized carbons (Fsp3) is 0.400. The van der Waals surface area contributed by atoms with Crippen molar-refractivity contribution < 1.29 is 9.50 Å². The predicted molar refractivity (Wildman–Crippen MR) is 75.3 cm³/mol. The molecule has 1 saturated carbocycles. The van der Waals surface area contributed by atoms with Gasteiger partial charge in [0.25, 0.3) is 0 Å². The first-order valence-corrected chi connectivity index (χ1v) is 6.86. The summed E-state index contributed by atoms with van der Waals surface area (Å²) >= 11 is 0. The highest BCUT2D eigenvalue weighted by atomic mass is 19.1. The van der Waals surface area contributed by atoms with E-state index in [0.29, 0.717) is 29.9 Å². The third-order valence-corrected chi connectivity index (χ3v) is 4.02. The molecule has 0 bridgehead atoms. The number of benzene rings is 1. The molecule has 0 saturated heterocycles. The molecule has 0 aliphatic heterocycles. The van der Waals surface area contributed by atoms with Gasteiger partial charge in [0.2, 0.25) is 0 Å². The van der Waals surface area contributed by atoms with Gasteiger partial charge in [0.1, 0.15) is 11.6 Å². The van der Waals surface area contributed by atoms with E-state index in [0.717, 1.165) is 12.8 Å². The maximum absolute atomic E-state index is 14.2. The Morgan fingerprint density at radius 1 is 1.30 bits per heavy atom. The maximum atomic E-state index is 14.2. The zero-order valence-electron chi connectivity index (χ0n) is 11.4. The van der Waals surface area contributed by atoms with Crippen LogP contribution < -0.4 is 5.32 Å². The van der Waals surface area contributed by atoms with Gasteiger partial charge in [-0.15, -0.1) is 0 Å². The van der Waals surface area contributed by atoms with Crippen LogP contribution in [-0.2, 0) is 12.6 Å². The number of rotatable bonds is 3. The lowest BCUT2D eigenvalue weighted by Crippen LogP contribution is -2.23. The van der Waals surface area contributed by atoms with Crippen LogP contribution in [0.15, 0.2) is 30.5 Å². The molecule has 0 atom stereocenters. The third-order valence-electron chi connectivity index (χ3n) is 4.02. The van der Waals surface area contributed by atoms with Gasteiger partial charge >= 0.3 is 0 Å². The summed E-state index contributed by atoms with van der Waals surface area (Å²) in [5.74, 6) is 0.335. The summed E-state index contributed by atoms with van der Waals surface area (Å²) in [6.07, 6.45) is 4.94. The monoisotopic (exact) mass is 275 g/mol. The minimum Gasteiger partial charge on any atom is -0.385 e. The number of aliphatic hydroxyl groups is 1. The largest absolute Gasteiger partial charge is 0.385 e. The number of aryl methyl sites for hydroxylation is 1. The molecule has 1 aliphatic rings. The summed E-state index contributed by atoms with van der Waals surface area (Å²) in [6.45, 7) is 0. The van der Waals surface area contributed by atoms with E-state index in [2.05, 4.69) is 10.4 Å². The molecular weight excluding hydrogens is 257 g/mol. The molecule has 3 rings (SSSR count). The van der Waals surface area contributed by atoms with Crippen LogP contribution in [0.3, 0.4) is 0 Å². The van der Waals surface area contributed by atoms with E-state index in [-0.39, 0.29) is 5.82 Å². The van der Waals surface area contributed by atoms with Gasteiger partial charge in [-0.05, 0) is 18.9 Å². The van der Waals surface area contributed by atoms with Gasteiger partial charge in [-0.2, -0.15) is 5.10 Å². The Kier molecular flexibility index (Phi) is 3.22. The average Bonchev–Trinajstić information content (AvgIpc) is 3.02. The first kappa shape index (κ1) is 13.1. The molecule has 0 spiro atoms. The predicted octanol–water partition coefficient (Wildman–Crippen LogP) is 3.06. The Balaban J connectivity index is 2.03. The number of nitrogens with one attached hydrogen (secondary N) is 1. The fourth-order valence-corrected chi connectivity index (χ4v) is 2.89. The highest BCUT2D eigenvalue weighted by molar-refractivity contribution is 5.63. The van der Waals surface area contributed by atoms with Crippen molar-refractivity contribution in [3.63, 3.8) is 0 Å². The molecule has 20 heavy (non-hydrogen) atoms. The van der Waals surface area contributed by atoms with E-state index in [1.807, 2.05) is 0 Å². The topological polar surface area (TPSA) is 50.1 Å². The van der Waals surface area contributed by atoms with Crippen LogP contribution in [-0.4, -0.2) is 14.9 Å². The van der Waals surface area contributed by atoms with Crippen LogP contribution in [0, 0.1) is 5.82 Å². The van der Waals surface area contributed by atoms with Gasteiger partial charge in [-0.1, -0.05) is 25.0 Å². The third kappa shape index (κ3) is 2.18. The summed E-state index contributed by atoms with van der Waals surface area (Å²) in [4.78, 5) is 0. The van der Waals surface area contributed by atoms with Gasteiger partial charge in [-0.3, -0.25) is 4.68 Å². The standard InChI is InChI=1S/C15H18FN3O/c1-19-13(7-10-17-19)18-14-11(5-4-6-12(14)16)15(20)8-2-3-9-15/h4-7,10,18,20H,2-3,8-9H2,1H3. The quantitative estimate of drug-likeness (QED) is 0.905. The molecule has 1 fully saturated rings. The average molecular weight is 275 g/mol. The van der Waals surface area contributed by atoms with Crippen molar-refractivity contribution in [3.05, 3.63) is 41.8 Å². The van der Waals surface area contributed by atoms with E-state index in [4.69, 9.17) is 0 Å². The van der Waals surface area contributed by atoms with Gasteiger partial charge < -0.3 is 10.4 Å². The Morgan fingerprint density at radius 2 is 2.05 bits per heavy atom. The number of anilines is 2. The summed E-state index contributed by atoms with van der Waals surface area (Å²) in [5.41, 5.74) is 0.0555. The van der Waals surface area contributed by atoms with Crippen LogP contribution in [0.1, 0.15) is 31.2 Å². The molecule has 4 nitrogen and oxygen atoms in total. The summed E-state index contributed by atoms with van der Waals surface area (Å²) in [7, 11) is 1.78. The molecule has 2 aromatic rings. The van der Waals surface area contributed by atoms with Crippen molar-refractivity contribution in [3.8, 4) is 0 Å². The van der Waals surface area contributed by atoms with E-state index < -0.39 is 5.60 Å². The smallest absolute Gasteiger partial charge is 0.147 e. The highest BCUT2D eigenvalue weighted by Crippen LogP contribution is 2.43. The SMILES string of the molecule is Cn1nccc1Nc1c(F)cccc1C1(O)CCCC1. The molecule has 0 unspecified atom stereocenters. The van der Waals surface area contributed by atoms with Crippen LogP contribution in [0.5, 0.6) is 0 Å². The molecule has 0 amide bonds.